The molecule has 25 heavy (non-hydrogen) atoms. The van der Waals surface area contributed by atoms with E-state index >= 15 is 0 Å². The molecule has 0 bridgehead atoms. The van der Waals surface area contributed by atoms with Gasteiger partial charge in [-0.15, -0.1) is 0 Å². The number of hydrogen-bond acceptors (Lipinski definition) is 3. The average Bonchev–Trinajstić information content (AvgIpc) is 2.57. The Hall–Kier alpha value is -1.62. The minimum atomic E-state index is -0.204. The van der Waals surface area contributed by atoms with Crippen LogP contribution >= 0.6 is 34.8 Å². The number of halogens is 3. The molecule has 0 fully saturated rings. The molecule has 1 heterocycles. The van der Waals surface area contributed by atoms with Crippen LogP contribution in [0.4, 0.5) is 11.4 Å². The molecule has 0 saturated heterocycles. The number of para-hydroxylation sites is 1. The van der Waals surface area contributed by atoms with Gasteiger partial charge in [0, 0.05) is 11.6 Å². The molecule has 0 spiro atoms. The molecule has 0 saturated carbocycles. The highest BCUT2D eigenvalue weighted by atomic mass is 35.5. The molecule has 2 aromatic carbocycles. The lowest BCUT2D eigenvalue weighted by Gasteiger charge is -2.32. The third-order valence-corrected chi connectivity index (χ3v) is 4.91. The van der Waals surface area contributed by atoms with Crippen LogP contribution < -0.4 is 15.0 Å². The van der Waals surface area contributed by atoms with Gasteiger partial charge in [-0.05, 0) is 36.6 Å². The Bertz CT molecular complexity index is 774. The zero-order valence-electron chi connectivity index (χ0n) is 13.6. The molecular formula is C18H17Cl3N2O2. The number of nitrogens with zero attached hydrogens (tertiary/aromatic N) is 1. The van der Waals surface area contributed by atoms with Gasteiger partial charge in [-0.3, -0.25) is 4.79 Å². The SMILES string of the molecule is COc1cccc2c1N(CC(=O)Nc1c(Cl)cc(Cl)cc1Cl)CCC2. The number of amides is 1. The Morgan fingerprint density at radius 1 is 1.24 bits per heavy atom. The highest BCUT2D eigenvalue weighted by Crippen LogP contribution is 2.37. The van der Waals surface area contributed by atoms with Crippen LogP contribution in [0.25, 0.3) is 0 Å². The third kappa shape index (κ3) is 3.97. The summed E-state index contributed by atoms with van der Waals surface area (Å²) in [5, 5.41) is 3.81. The van der Waals surface area contributed by atoms with Crippen molar-refractivity contribution in [3.63, 3.8) is 0 Å². The molecule has 0 atom stereocenters. The lowest BCUT2D eigenvalue weighted by molar-refractivity contribution is -0.115. The lowest BCUT2D eigenvalue weighted by atomic mass is 10.0. The van der Waals surface area contributed by atoms with Gasteiger partial charge in [0.05, 0.1) is 35.1 Å². The van der Waals surface area contributed by atoms with E-state index in [1.165, 1.54) is 5.56 Å². The van der Waals surface area contributed by atoms with E-state index in [-0.39, 0.29) is 12.5 Å². The molecule has 132 valence electrons. The molecule has 0 aliphatic carbocycles. The van der Waals surface area contributed by atoms with E-state index in [0.717, 1.165) is 30.8 Å². The van der Waals surface area contributed by atoms with Crippen molar-refractivity contribution in [1.29, 1.82) is 0 Å². The van der Waals surface area contributed by atoms with Crippen molar-refractivity contribution in [1.82, 2.24) is 0 Å². The van der Waals surface area contributed by atoms with Crippen molar-refractivity contribution in [2.24, 2.45) is 0 Å². The predicted molar refractivity (Wildman–Crippen MR) is 104 cm³/mol. The molecule has 3 rings (SSSR count). The number of rotatable bonds is 4. The quantitative estimate of drug-likeness (QED) is 0.782. The Morgan fingerprint density at radius 2 is 1.96 bits per heavy atom. The first-order chi connectivity index (χ1) is 12.0. The van der Waals surface area contributed by atoms with E-state index in [4.69, 9.17) is 39.5 Å². The number of carbonyl (C=O) groups excluding carboxylic acids is 1. The highest BCUT2D eigenvalue weighted by Gasteiger charge is 2.23. The van der Waals surface area contributed by atoms with Crippen LogP contribution in [0.5, 0.6) is 5.75 Å². The fraction of sp³-hybridized carbons (Fsp3) is 0.278. The van der Waals surface area contributed by atoms with E-state index in [1.807, 2.05) is 17.0 Å². The summed E-state index contributed by atoms with van der Waals surface area (Å²) in [6, 6.07) is 9.03. The van der Waals surface area contributed by atoms with Crippen molar-refractivity contribution in [2.75, 3.05) is 30.4 Å². The van der Waals surface area contributed by atoms with E-state index in [9.17, 15) is 4.79 Å². The van der Waals surface area contributed by atoms with Crippen molar-refractivity contribution >= 4 is 52.1 Å². The molecule has 0 unspecified atom stereocenters. The zero-order chi connectivity index (χ0) is 18.0. The number of methoxy groups -OCH3 is 1. The molecule has 0 aromatic heterocycles. The number of hydrogen-bond donors (Lipinski definition) is 1. The third-order valence-electron chi connectivity index (χ3n) is 4.10. The van der Waals surface area contributed by atoms with Gasteiger partial charge < -0.3 is 15.0 Å². The van der Waals surface area contributed by atoms with Crippen LogP contribution in [0, 0.1) is 0 Å². The summed E-state index contributed by atoms with van der Waals surface area (Å²) in [6.07, 6.45) is 1.95. The number of fused-ring (bicyclic) bond motifs is 1. The Kier molecular flexibility index (Phi) is 5.62. The predicted octanol–water partition coefficient (Wildman–Crippen LogP) is 5.05. The summed E-state index contributed by atoms with van der Waals surface area (Å²) in [4.78, 5) is 14.6. The van der Waals surface area contributed by atoms with E-state index in [0.29, 0.717) is 20.8 Å². The van der Waals surface area contributed by atoms with Gasteiger partial charge in [0.15, 0.2) is 0 Å². The molecule has 7 heteroatoms. The minimum absolute atomic E-state index is 0.183. The number of ether oxygens (including phenoxy) is 1. The van der Waals surface area contributed by atoms with Crippen LogP contribution in [0.3, 0.4) is 0 Å². The van der Waals surface area contributed by atoms with E-state index < -0.39 is 0 Å². The molecule has 2 aromatic rings. The van der Waals surface area contributed by atoms with Crippen LogP contribution in [-0.4, -0.2) is 26.1 Å². The van der Waals surface area contributed by atoms with Gasteiger partial charge in [-0.1, -0.05) is 46.9 Å². The van der Waals surface area contributed by atoms with Gasteiger partial charge in [-0.2, -0.15) is 0 Å². The first kappa shape index (κ1) is 18.2. The summed E-state index contributed by atoms with van der Waals surface area (Å²) in [5.74, 6) is 0.567. The molecule has 1 aliphatic heterocycles. The molecular weight excluding hydrogens is 383 g/mol. The largest absolute Gasteiger partial charge is 0.495 e. The van der Waals surface area contributed by atoms with Gasteiger partial charge >= 0.3 is 0 Å². The molecule has 1 amide bonds. The monoisotopic (exact) mass is 398 g/mol. The smallest absolute Gasteiger partial charge is 0.243 e. The van der Waals surface area contributed by atoms with E-state index in [1.54, 1.807) is 19.2 Å². The maximum Gasteiger partial charge on any atom is 0.243 e. The molecule has 4 nitrogen and oxygen atoms in total. The first-order valence-electron chi connectivity index (χ1n) is 7.85. The van der Waals surface area contributed by atoms with Crippen LogP contribution in [0.15, 0.2) is 30.3 Å². The zero-order valence-corrected chi connectivity index (χ0v) is 15.9. The Labute approximate surface area is 161 Å². The summed E-state index contributed by atoms with van der Waals surface area (Å²) in [5.41, 5.74) is 2.52. The van der Waals surface area contributed by atoms with Gasteiger partial charge in [-0.25, -0.2) is 0 Å². The van der Waals surface area contributed by atoms with Crippen LogP contribution in [0.2, 0.25) is 15.1 Å². The normalized spacial score (nSPS) is 13.4. The van der Waals surface area contributed by atoms with E-state index in [2.05, 4.69) is 11.4 Å². The van der Waals surface area contributed by atoms with Crippen molar-refractivity contribution < 1.29 is 9.53 Å². The minimum Gasteiger partial charge on any atom is -0.495 e. The molecule has 1 N–H and O–H groups in total. The van der Waals surface area contributed by atoms with Crippen LogP contribution in [-0.2, 0) is 11.2 Å². The second-order valence-electron chi connectivity index (χ2n) is 5.79. The fourth-order valence-electron chi connectivity index (χ4n) is 3.04. The number of aryl methyl sites for hydroxylation is 1. The number of carbonyl (C=O) groups is 1. The Morgan fingerprint density at radius 3 is 2.64 bits per heavy atom. The highest BCUT2D eigenvalue weighted by molar-refractivity contribution is 6.42. The second-order valence-corrected chi connectivity index (χ2v) is 7.04. The maximum atomic E-state index is 12.5. The summed E-state index contributed by atoms with van der Waals surface area (Å²) >= 11 is 18.2. The lowest BCUT2D eigenvalue weighted by Crippen LogP contribution is -2.37. The average molecular weight is 400 g/mol. The summed E-state index contributed by atoms with van der Waals surface area (Å²) in [6.45, 7) is 0.964. The summed E-state index contributed by atoms with van der Waals surface area (Å²) < 4.78 is 5.46. The second kappa shape index (κ2) is 7.73. The topological polar surface area (TPSA) is 41.6 Å². The summed E-state index contributed by atoms with van der Waals surface area (Å²) in [7, 11) is 1.63. The standard InChI is InChI=1S/C18H17Cl3N2O2/c1-25-15-6-2-4-11-5-3-7-23(18(11)15)10-16(24)22-17-13(20)8-12(19)9-14(17)21/h2,4,6,8-9H,3,5,7,10H2,1H3,(H,22,24). The van der Waals surface area contributed by atoms with Crippen molar-refractivity contribution in [2.45, 2.75) is 12.8 Å². The number of benzene rings is 2. The molecule has 1 aliphatic rings. The number of anilines is 2. The van der Waals surface area contributed by atoms with Crippen molar-refractivity contribution in [3.05, 3.63) is 51.0 Å². The first-order valence-corrected chi connectivity index (χ1v) is 8.98. The van der Waals surface area contributed by atoms with Gasteiger partial charge in [0.1, 0.15) is 5.75 Å². The fourth-order valence-corrected chi connectivity index (χ4v) is 3.95. The van der Waals surface area contributed by atoms with Gasteiger partial charge in [0.2, 0.25) is 5.91 Å². The van der Waals surface area contributed by atoms with Gasteiger partial charge in [0.25, 0.3) is 0 Å². The maximum absolute atomic E-state index is 12.5. The van der Waals surface area contributed by atoms with Crippen LogP contribution in [0.1, 0.15) is 12.0 Å². The molecule has 0 radical (unpaired) electrons. The van der Waals surface area contributed by atoms with Crippen molar-refractivity contribution in [3.8, 4) is 5.75 Å². The number of nitrogens with one attached hydrogen (secondary N) is 1. The Balaban J connectivity index is 1.80.